The fourth-order valence-corrected chi connectivity index (χ4v) is 6.75. The fraction of sp³-hybridized carbons (Fsp3) is 0.296. The molecule has 0 aliphatic carbocycles. The number of aromatic nitrogens is 3. The summed E-state index contributed by atoms with van der Waals surface area (Å²) >= 11 is 0. The van der Waals surface area contributed by atoms with Gasteiger partial charge in [0, 0.05) is 53.6 Å². The van der Waals surface area contributed by atoms with Crippen molar-refractivity contribution < 1.29 is 8.42 Å². The number of fused-ring (bicyclic) bond motifs is 5. The quantitative estimate of drug-likeness (QED) is 0.461. The first kappa shape index (κ1) is 22.9. The van der Waals surface area contributed by atoms with Gasteiger partial charge in [-0.1, -0.05) is 42.5 Å². The number of pyridine rings is 1. The standard InChI is InChI=1S/C27H27N5O3S/c1-17-10-11-19(13-24(17)36(34,35)28-2)26-21-6-3-4-7-22(21)27(30-29-26)31-14-18-12-20(16-31)23-8-5-9-25(33)32(23)15-18/h3-11,13,18,20,28H,12,14-16H2,1-2H3/t18?,20-/m0/s1. The molecule has 1 N–H and O–H groups in total. The van der Waals surface area contributed by atoms with Crippen LogP contribution in [0.4, 0.5) is 5.82 Å². The van der Waals surface area contributed by atoms with Gasteiger partial charge in [0.15, 0.2) is 5.82 Å². The van der Waals surface area contributed by atoms with E-state index in [9.17, 15) is 13.2 Å². The Balaban J connectivity index is 1.43. The Morgan fingerprint density at radius 2 is 1.75 bits per heavy atom. The summed E-state index contributed by atoms with van der Waals surface area (Å²) in [6, 6.07) is 18.9. The fourth-order valence-electron chi connectivity index (χ4n) is 5.75. The molecule has 184 valence electrons. The Labute approximate surface area is 209 Å². The molecule has 2 aromatic carbocycles. The first-order valence-electron chi connectivity index (χ1n) is 12.1. The van der Waals surface area contributed by atoms with E-state index in [2.05, 4.69) is 25.9 Å². The number of anilines is 1. The molecule has 2 aliphatic rings. The number of hydrogen-bond donors (Lipinski definition) is 1. The topological polar surface area (TPSA) is 97.2 Å². The first-order valence-corrected chi connectivity index (χ1v) is 13.6. The number of rotatable bonds is 4. The second-order valence-electron chi connectivity index (χ2n) is 9.71. The zero-order valence-electron chi connectivity index (χ0n) is 20.2. The monoisotopic (exact) mass is 501 g/mol. The van der Waals surface area contributed by atoms with Gasteiger partial charge in [0.05, 0.1) is 4.90 Å². The Bertz CT molecular complexity index is 1660. The van der Waals surface area contributed by atoms with Crippen LogP contribution in [0.3, 0.4) is 0 Å². The zero-order valence-corrected chi connectivity index (χ0v) is 21.0. The van der Waals surface area contributed by atoms with Crippen LogP contribution in [0.5, 0.6) is 0 Å². The lowest BCUT2D eigenvalue weighted by molar-refractivity contribution is 0.280. The largest absolute Gasteiger partial charge is 0.354 e. The second kappa shape index (κ2) is 8.53. The third-order valence-corrected chi connectivity index (χ3v) is 9.02. The molecule has 0 amide bonds. The predicted octanol–water partition coefficient (Wildman–Crippen LogP) is 3.30. The molecule has 2 aliphatic heterocycles. The zero-order chi connectivity index (χ0) is 25.0. The maximum absolute atomic E-state index is 12.6. The maximum atomic E-state index is 12.6. The van der Waals surface area contributed by atoms with Gasteiger partial charge in [0.1, 0.15) is 5.69 Å². The molecule has 4 heterocycles. The minimum absolute atomic E-state index is 0.0722. The van der Waals surface area contributed by atoms with E-state index < -0.39 is 10.0 Å². The first-order chi connectivity index (χ1) is 17.4. The number of benzene rings is 2. The van der Waals surface area contributed by atoms with E-state index >= 15 is 0 Å². The molecular formula is C27H27N5O3S. The van der Waals surface area contributed by atoms with Crippen LogP contribution in [0, 0.1) is 12.8 Å². The lowest BCUT2D eigenvalue weighted by atomic mass is 9.83. The average Bonchev–Trinajstić information content (AvgIpc) is 2.89. The molecule has 36 heavy (non-hydrogen) atoms. The molecule has 0 saturated carbocycles. The van der Waals surface area contributed by atoms with Gasteiger partial charge in [-0.3, -0.25) is 4.79 Å². The molecule has 2 bridgehead atoms. The van der Waals surface area contributed by atoms with E-state index in [0.29, 0.717) is 22.7 Å². The Morgan fingerprint density at radius 1 is 0.944 bits per heavy atom. The van der Waals surface area contributed by atoms with Crippen LogP contribution in [0.1, 0.15) is 23.6 Å². The summed E-state index contributed by atoms with van der Waals surface area (Å²) in [5.74, 6) is 1.45. The minimum Gasteiger partial charge on any atom is -0.354 e. The van der Waals surface area contributed by atoms with Crippen molar-refractivity contribution in [1.29, 1.82) is 0 Å². The Morgan fingerprint density at radius 3 is 2.56 bits per heavy atom. The van der Waals surface area contributed by atoms with Crippen LogP contribution in [0.25, 0.3) is 22.0 Å². The van der Waals surface area contributed by atoms with Crippen LogP contribution in [0.15, 0.2) is 70.4 Å². The lowest BCUT2D eigenvalue weighted by Gasteiger charge is -2.43. The van der Waals surface area contributed by atoms with E-state index in [-0.39, 0.29) is 16.4 Å². The van der Waals surface area contributed by atoms with Crippen molar-refractivity contribution in [2.75, 3.05) is 25.0 Å². The van der Waals surface area contributed by atoms with Gasteiger partial charge in [0.25, 0.3) is 5.56 Å². The van der Waals surface area contributed by atoms with Gasteiger partial charge in [-0.05, 0) is 44.0 Å². The number of sulfonamides is 1. The number of piperidine rings is 1. The highest BCUT2D eigenvalue weighted by molar-refractivity contribution is 7.89. The van der Waals surface area contributed by atoms with E-state index in [1.54, 1.807) is 25.1 Å². The Hall–Kier alpha value is -3.56. The third-order valence-electron chi connectivity index (χ3n) is 7.47. The number of hydrogen-bond acceptors (Lipinski definition) is 6. The van der Waals surface area contributed by atoms with Crippen LogP contribution in [-0.2, 0) is 16.6 Å². The SMILES string of the molecule is CNS(=O)(=O)c1cc(-c2nnc(N3CC4C[C@@H](C3)c3cccc(=O)n3C4)c3ccccc23)ccc1C. The molecule has 2 aromatic heterocycles. The molecule has 1 fully saturated rings. The molecule has 6 rings (SSSR count). The smallest absolute Gasteiger partial charge is 0.250 e. The molecule has 1 saturated heterocycles. The van der Waals surface area contributed by atoms with Gasteiger partial charge in [0.2, 0.25) is 10.0 Å². The molecule has 2 atom stereocenters. The number of nitrogens with one attached hydrogen (secondary N) is 1. The minimum atomic E-state index is -3.60. The van der Waals surface area contributed by atoms with Crippen molar-refractivity contribution in [2.45, 2.75) is 30.7 Å². The second-order valence-corrected chi connectivity index (χ2v) is 11.6. The van der Waals surface area contributed by atoms with Crippen molar-refractivity contribution in [1.82, 2.24) is 19.5 Å². The summed E-state index contributed by atoms with van der Waals surface area (Å²) in [7, 11) is -2.19. The molecule has 4 aromatic rings. The van der Waals surface area contributed by atoms with Gasteiger partial charge in [-0.2, -0.15) is 0 Å². The van der Waals surface area contributed by atoms with Gasteiger partial charge < -0.3 is 9.47 Å². The Kier molecular flexibility index (Phi) is 5.42. The molecule has 1 unspecified atom stereocenters. The van der Waals surface area contributed by atoms with Crippen LogP contribution in [0.2, 0.25) is 0 Å². The van der Waals surface area contributed by atoms with Gasteiger partial charge in [-0.15, -0.1) is 10.2 Å². The molecule has 8 nitrogen and oxygen atoms in total. The summed E-state index contributed by atoms with van der Waals surface area (Å²) in [6.07, 6.45) is 1.06. The van der Waals surface area contributed by atoms with E-state index in [4.69, 9.17) is 0 Å². The maximum Gasteiger partial charge on any atom is 0.250 e. The third kappa shape index (κ3) is 3.70. The summed E-state index contributed by atoms with van der Waals surface area (Å²) in [6.45, 7) is 4.08. The highest BCUT2D eigenvalue weighted by atomic mass is 32.2. The highest BCUT2D eigenvalue weighted by Gasteiger charge is 2.35. The van der Waals surface area contributed by atoms with E-state index in [1.165, 1.54) is 7.05 Å². The van der Waals surface area contributed by atoms with E-state index in [0.717, 1.165) is 48.3 Å². The van der Waals surface area contributed by atoms with E-state index in [1.807, 2.05) is 41.0 Å². The summed E-state index contributed by atoms with van der Waals surface area (Å²) in [5, 5.41) is 11.2. The van der Waals surface area contributed by atoms with Crippen LogP contribution < -0.4 is 15.2 Å². The van der Waals surface area contributed by atoms with Crippen molar-refractivity contribution in [2.24, 2.45) is 5.92 Å². The number of nitrogens with zero attached hydrogens (tertiary/aromatic N) is 4. The lowest BCUT2D eigenvalue weighted by Crippen LogP contribution is -2.47. The number of aryl methyl sites for hydroxylation is 1. The molecular weight excluding hydrogens is 474 g/mol. The van der Waals surface area contributed by atoms with Crippen LogP contribution >= 0.6 is 0 Å². The predicted molar refractivity (Wildman–Crippen MR) is 140 cm³/mol. The van der Waals surface area contributed by atoms with Gasteiger partial charge >= 0.3 is 0 Å². The summed E-state index contributed by atoms with van der Waals surface area (Å²) in [4.78, 5) is 14.9. The molecule has 9 heteroatoms. The molecule has 0 radical (unpaired) electrons. The summed E-state index contributed by atoms with van der Waals surface area (Å²) in [5.41, 5.74) is 3.18. The van der Waals surface area contributed by atoms with Crippen LogP contribution in [-0.4, -0.2) is 43.3 Å². The summed E-state index contributed by atoms with van der Waals surface area (Å²) < 4.78 is 29.4. The van der Waals surface area contributed by atoms with Crippen molar-refractivity contribution in [3.63, 3.8) is 0 Å². The van der Waals surface area contributed by atoms with Gasteiger partial charge in [-0.25, -0.2) is 13.1 Å². The average molecular weight is 502 g/mol. The van der Waals surface area contributed by atoms with Crippen molar-refractivity contribution >= 4 is 26.6 Å². The molecule has 0 spiro atoms. The highest BCUT2D eigenvalue weighted by Crippen LogP contribution is 2.39. The van der Waals surface area contributed by atoms with Crippen molar-refractivity contribution in [3.8, 4) is 11.3 Å². The van der Waals surface area contributed by atoms with Crippen molar-refractivity contribution in [3.05, 3.63) is 82.3 Å². The normalized spacial score (nSPS) is 19.3.